The van der Waals surface area contributed by atoms with E-state index in [0.717, 1.165) is 0 Å². The second-order valence-electron chi connectivity index (χ2n) is 3.94. The monoisotopic (exact) mass is 247 g/mol. The van der Waals surface area contributed by atoms with Gasteiger partial charge in [0.2, 0.25) is 0 Å². The lowest BCUT2D eigenvalue weighted by atomic mass is 10.0. The summed E-state index contributed by atoms with van der Waals surface area (Å²) in [5, 5.41) is 10.0. The van der Waals surface area contributed by atoms with E-state index in [1.165, 1.54) is 7.11 Å². The van der Waals surface area contributed by atoms with E-state index in [2.05, 4.69) is 4.98 Å². The Bertz CT molecular complexity index is 516. The van der Waals surface area contributed by atoms with Crippen LogP contribution in [0.5, 0.6) is 5.75 Å². The van der Waals surface area contributed by atoms with Crippen LogP contribution in [-0.4, -0.2) is 17.2 Å². The molecule has 3 nitrogen and oxygen atoms in total. The summed E-state index contributed by atoms with van der Waals surface area (Å²) >= 11 is 0. The summed E-state index contributed by atoms with van der Waals surface area (Å²) < 4.78 is 18.8. The number of pyridine rings is 1. The molecule has 1 aromatic carbocycles. The predicted octanol–water partition coefficient (Wildman–Crippen LogP) is 2.51. The number of methoxy groups -OCH3 is 1. The van der Waals surface area contributed by atoms with Crippen molar-refractivity contribution in [1.29, 1.82) is 0 Å². The third kappa shape index (κ3) is 2.65. The number of aliphatic hydroxyl groups excluding tert-OH is 1. The number of aliphatic hydroxyl groups is 1. The lowest BCUT2D eigenvalue weighted by Crippen LogP contribution is -2.04. The van der Waals surface area contributed by atoms with Crippen LogP contribution in [0.1, 0.15) is 17.2 Å². The average molecular weight is 247 g/mol. The molecule has 18 heavy (non-hydrogen) atoms. The van der Waals surface area contributed by atoms with Crippen molar-refractivity contribution in [2.75, 3.05) is 7.11 Å². The molecule has 1 atom stereocenters. The topological polar surface area (TPSA) is 42.4 Å². The van der Waals surface area contributed by atoms with Gasteiger partial charge in [0.25, 0.3) is 0 Å². The fourth-order valence-electron chi connectivity index (χ4n) is 1.77. The van der Waals surface area contributed by atoms with Crippen molar-refractivity contribution < 1.29 is 14.2 Å². The van der Waals surface area contributed by atoms with Gasteiger partial charge in [0.15, 0.2) is 11.6 Å². The van der Waals surface area contributed by atoms with E-state index in [1.807, 2.05) is 0 Å². The van der Waals surface area contributed by atoms with Gasteiger partial charge in [-0.15, -0.1) is 0 Å². The molecule has 4 heteroatoms. The molecule has 0 aliphatic rings. The van der Waals surface area contributed by atoms with E-state index in [-0.39, 0.29) is 12.2 Å². The van der Waals surface area contributed by atoms with Crippen LogP contribution < -0.4 is 4.74 Å². The molecule has 1 heterocycles. The molecule has 0 amide bonds. The standard InChI is InChI=1S/C14H14FNO2/c1-18-13-6-2-4-10(14(13)15)8-12(17)11-5-3-7-16-9-11/h2-7,9,12,17H,8H2,1H3. The molecule has 0 spiro atoms. The van der Waals surface area contributed by atoms with Crippen LogP contribution in [0.15, 0.2) is 42.7 Å². The minimum Gasteiger partial charge on any atom is -0.494 e. The molecule has 1 unspecified atom stereocenters. The Hall–Kier alpha value is -1.94. The number of aromatic nitrogens is 1. The molecule has 2 aromatic rings. The molecule has 94 valence electrons. The second-order valence-corrected chi connectivity index (χ2v) is 3.94. The smallest absolute Gasteiger partial charge is 0.168 e. The summed E-state index contributed by atoms with van der Waals surface area (Å²) in [4.78, 5) is 3.93. The zero-order valence-electron chi connectivity index (χ0n) is 10.0. The van der Waals surface area contributed by atoms with Gasteiger partial charge in [-0.2, -0.15) is 0 Å². The van der Waals surface area contributed by atoms with E-state index in [4.69, 9.17) is 4.74 Å². The molecule has 1 aromatic heterocycles. The van der Waals surface area contributed by atoms with Crippen LogP contribution in [-0.2, 0) is 6.42 Å². The summed E-state index contributed by atoms with van der Waals surface area (Å²) in [6, 6.07) is 8.39. The number of hydrogen-bond donors (Lipinski definition) is 1. The third-order valence-corrected chi connectivity index (χ3v) is 2.75. The molecule has 0 radical (unpaired) electrons. The van der Waals surface area contributed by atoms with Gasteiger partial charge in [-0.25, -0.2) is 4.39 Å². The van der Waals surface area contributed by atoms with Gasteiger partial charge in [0.05, 0.1) is 13.2 Å². The summed E-state index contributed by atoms with van der Waals surface area (Å²) in [5.74, 6) is -0.242. The largest absolute Gasteiger partial charge is 0.494 e. The minimum atomic E-state index is -0.777. The maximum Gasteiger partial charge on any atom is 0.168 e. The van der Waals surface area contributed by atoms with Gasteiger partial charge in [0, 0.05) is 18.8 Å². The van der Waals surface area contributed by atoms with Crippen LogP contribution in [0.3, 0.4) is 0 Å². The van der Waals surface area contributed by atoms with Crippen molar-refractivity contribution in [2.45, 2.75) is 12.5 Å². The van der Waals surface area contributed by atoms with Crippen LogP contribution in [0, 0.1) is 5.82 Å². The molecular formula is C14H14FNO2. The number of rotatable bonds is 4. The van der Waals surface area contributed by atoms with E-state index in [9.17, 15) is 9.50 Å². The molecule has 0 saturated carbocycles. The lowest BCUT2D eigenvalue weighted by molar-refractivity contribution is 0.176. The highest BCUT2D eigenvalue weighted by Gasteiger charge is 2.14. The van der Waals surface area contributed by atoms with Gasteiger partial charge in [-0.1, -0.05) is 18.2 Å². The van der Waals surface area contributed by atoms with Gasteiger partial charge in [-0.3, -0.25) is 4.98 Å². The Labute approximate surface area is 105 Å². The number of halogens is 1. The Morgan fingerprint density at radius 2 is 2.17 bits per heavy atom. The highest BCUT2D eigenvalue weighted by molar-refractivity contribution is 5.32. The SMILES string of the molecule is COc1cccc(CC(O)c2cccnc2)c1F. The van der Waals surface area contributed by atoms with E-state index < -0.39 is 11.9 Å². The minimum absolute atomic E-state index is 0.186. The number of nitrogens with zero attached hydrogens (tertiary/aromatic N) is 1. The number of benzene rings is 1. The highest BCUT2D eigenvalue weighted by atomic mass is 19.1. The van der Waals surface area contributed by atoms with Gasteiger partial charge >= 0.3 is 0 Å². The number of ether oxygens (including phenoxy) is 1. The number of hydrogen-bond acceptors (Lipinski definition) is 3. The lowest BCUT2D eigenvalue weighted by Gasteiger charge is -2.12. The fraction of sp³-hybridized carbons (Fsp3) is 0.214. The Morgan fingerprint density at radius 1 is 1.33 bits per heavy atom. The molecular weight excluding hydrogens is 233 g/mol. The first-order valence-electron chi connectivity index (χ1n) is 5.61. The highest BCUT2D eigenvalue weighted by Crippen LogP contribution is 2.24. The van der Waals surface area contributed by atoms with Crippen LogP contribution in [0.25, 0.3) is 0 Å². The van der Waals surface area contributed by atoms with E-state index in [1.54, 1.807) is 42.7 Å². The van der Waals surface area contributed by atoms with Crippen LogP contribution >= 0.6 is 0 Å². The fourth-order valence-corrected chi connectivity index (χ4v) is 1.77. The van der Waals surface area contributed by atoms with Crippen LogP contribution in [0.4, 0.5) is 4.39 Å². The zero-order valence-corrected chi connectivity index (χ0v) is 10.0. The Morgan fingerprint density at radius 3 is 2.83 bits per heavy atom. The average Bonchev–Trinajstić information content (AvgIpc) is 2.42. The maximum absolute atomic E-state index is 13.9. The summed E-state index contributed by atoms with van der Waals surface area (Å²) in [5.41, 5.74) is 1.09. The molecule has 2 rings (SSSR count). The second kappa shape index (κ2) is 5.60. The quantitative estimate of drug-likeness (QED) is 0.902. The molecule has 0 bridgehead atoms. The summed E-state index contributed by atoms with van der Waals surface area (Å²) in [6.07, 6.45) is 2.61. The van der Waals surface area contributed by atoms with Crippen molar-refractivity contribution in [1.82, 2.24) is 4.98 Å². The van der Waals surface area contributed by atoms with E-state index >= 15 is 0 Å². The first kappa shape index (κ1) is 12.5. The zero-order chi connectivity index (χ0) is 13.0. The Balaban J connectivity index is 2.19. The van der Waals surface area contributed by atoms with Gasteiger partial charge in [0.1, 0.15) is 0 Å². The van der Waals surface area contributed by atoms with Gasteiger partial charge < -0.3 is 9.84 Å². The van der Waals surface area contributed by atoms with Crippen molar-refractivity contribution in [3.8, 4) is 5.75 Å². The molecule has 0 saturated heterocycles. The molecule has 0 fully saturated rings. The van der Waals surface area contributed by atoms with Crippen molar-refractivity contribution in [2.24, 2.45) is 0 Å². The van der Waals surface area contributed by atoms with Crippen molar-refractivity contribution in [3.63, 3.8) is 0 Å². The summed E-state index contributed by atoms with van der Waals surface area (Å²) in [7, 11) is 1.42. The molecule has 0 aliphatic heterocycles. The molecule has 1 N–H and O–H groups in total. The maximum atomic E-state index is 13.9. The first-order chi connectivity index (χ1) is 8.72. The van der Waals surface area contributed by atoms with Gasteiger partial charge in [-0.05, 0) is 23.3 Å². The van der Waals surface area contributed by atoms with Crippen LogP contribution in [0.2, 0.25) is 0 Å². The summed E-state index contributed by atoms with van der Waals surface area (Å²) in [6.45, 7) is 0. The first-order valence-corrected chi connectivity index (χ1v) is 5.61. The normalized spacial score (nSPS) is 12.2. The van der Waals surface area contributed by atoms with Crippen molar-refractivity contribution >= 4 is 0 Å². The predicted molar refractivity (Wildman–Crippen MR) is 65.9 cm³/mol. The van der Waals surface area contributed by atoms with Crippen molar-refractivity contribution in [3.05, 3.63) is 59.7 Å². The third-order valence-electron chi connectivity index (χ3n) is 2.75. The Kier molecular flexibility index (Phi) is 3.89. The van der Waals surface area contributed by atoms with E-state index in [0.29, 0.717) is 11.1 Å². The molecule has 0 aliphatic carbocycles.